The maximum absolute atomic E-state index is 12.9. The van der Waals surface area contributed by atoms with Crippen molar-refractivity contribution in [3.63, 3.8) is 0 Å². The number of nitrogens with two attached hydrogens (primary N) is 1. The molecule has 1 aliphatic heterocycles. The fraction of sp³-hybridized carbons (Fsp3) is 0.278. The van der Waals surface area contributed by atoms with Crippen molar-refractivity contribution in [3.8, 4) is 0 Å². The second-order valence-electron chi connectivity index (χ2n) is 6.12. The Morgan fingerprint density at radius 2 is 2.12 bits per heavy atom. The van der Waals surface area contributed by atoms with Crippen molar-refractivity contribution in [1.29, 1.82) is 0 Å². The maximum atomic E-state index is 12.9. The molecule has 1 unspecified atom stereocenters. The van der Waals surface area contributed by atoms with Crippen LogP contribution >= 0.6 is 0 Å². The molecular weight excluding hydrogens is 316 g/mol. The summed E-state index contributed by atoms with van der Waals surface area (Å²) in [5.74, 6) is 0.401. The van der Waals surface area contributed by atoms with Crippen molar-refractivity contribution in [1.82, 2.24) is 24.8 Å². The smallest absolute Gasteiger partial charge is 0.255 e. The van der Waals surface area contributed by atoms with Gasteiger partial charge in [0.25, 0.3) is 5.91 Å². The minimum atomic E-state index is -0.0676. The molecule has 3 aromatic rings. The van der Waals surface area contributed by atoms with Crippen molar-refractivity contribution in [2.24, 2.45) is 0 Å². The van der Waals surface area contributed by atoms with E-state index in [2.05, 4.69) is 19.9 Å². The highest BCUT2D eigenvalue weighted by molar-refractivity contribution is 5.94. The number of piperidine rings is 1. The third-order valence-corrected chi connectivity index (χ3v) is 4.56. The molecule has 0 spiro atoms. The first-order chi connectivity index (χ1) is 12.2. The van der Waals surface area contributed by atoms with Crippen LogP contribution in [-0.4, -0.2) is 37.3 Å². The molecule has 1 atom stereocenters. The van der Waals surface area contributed by atoms with Crippen molar-refractivity contribution in [2.45, 2.75) is 25.3 Å². The molecule has 7 heteroatoms. The van der Waals surface area contributed by atoms with Crippen LogP contribution in [0.4, 0.5) is 5.82 Å². The highest BCUT2D eigenvalue weighted by Gasteiger charge is 2.30. The van der Waals surface area contributed by atoms with Crippen LogP contribution < -0.4 is 5.73 Å². The number of nitrogen functional groups attached to an aromatic ring is 1. The van der Waals surface area contributed by atoms with Crippen LogP contribution in [0, 0.1) is 0 Å². The topological polar surface area (TPSA) is 97.9 Å². The van der Waals surface area contributed by atoms with Crippen molar-refractivity contribution in [3.05, 3.63) is 54.2 Å². The Hall–Kier alpha value is -3.09. The Balaban J connectivity index is 1.70. The highest BCUT2D eigenvalue weighted by atomic mass is 16.2. The summed E-state index contributed by atoms with van der Waals surface area (Å²) in [6.07, 6.45) is 7.62. The van der Waals surface area contributed by atoms with Crippen molar-refractivity contribution < 1.29 is 4.79 Å². The SMILES string of the molecule is Nc1ncnc2nc(C3CCCCN3C(=O)c3cccnc3)ccc12. The lowest BCUT2D eigenvalue weighted by Gasteiger charge is -2.35. The normalized spacial score (nSPS) is 17.6. The van der Waals surface area contributed by atoms with E-state index >= 15 is 0 Å². The number of nitrogens with zero attached hydrogens (tertiary/aromatic N) is 5. The Morgan fingerprint density at radius 1 is 1.20 bits per heavy atom. The zero-order valence-corrected chi connectivity index (χ0v) is 13.7. The van der Waals surface area contributed by atoms with Gasteiger partial charge in [-0.25, -0.2) is 15.0 Å². The van der Waals surface area contributed by atoms with Crippen LogP contribution in [0.1, 0.15) is 41.4 Å². The summed E-state index contributed by atoms with van der Waals surface area (Å²) in [6, 6.07) is 7.31. The van der Waals surface area contributed by atoms with E-state index in [4.69, 9.17) is 5.73 Å². The Kier molecular flexibility index (Phi) is 3.97. The first kappa shape index (κ1) is 15.4. The van der Waals surface area contributed by atoms with Gasteiger partial charge >= 0.3 is 0 Å². The molecule has 3 aromatic heterocycles. The average Bonchev–Trinajstić information content (AvgIpc) is 2.68. The van der Waals surface area contributed by atoms with Crippen LogP contribution in [0.2, 0.25) is 0 Å². The number of pyridine rings is 2. The number of carbonyl (C=O) groups excluding carboxylic acids is 1. The lowest BCUT2D eigenvalue weighted by Crippen LogP contribution is -2.38. The zero-order valence-electron chi connectivity index (χ0n) is 13.7. The van der Waals surface area contributed by atoms with E-state index in [1.54, 1.807) is 24.5 Å². The van der Waals surface area contributed by atoms with Gasteiger partial charge in [0.05, 0.1) is 22.7 Å². The van der Waals surface area contributed by atoms with E-state index < -0.39 is 0 Å². The van der Waals surface area contributed by atoms with E-state index in [1.807, 2.05) is 17.0 Å². The molecule has 25 heavy (non-hydrogen) atoms. The summed E-state index contributed by atoms with van der Waals surface area (Å²) < 4.78 is 0. The number of rotatable bonds is 2. The number of likely N-dealkylation sites (tertiary alicyclic amines) is 1. The first-order valence-electron chi connectivity index (χ1n) is 8.32. The predicted molar refractivity (Wildman–Crippen MR) is 93.6 cm³/mol. The van der Waals surface area contributed by atoms with Gasteiger partial charge in [-0.15, -0.1) is 0 Å². The fourth-order valence-corrected chi connectivity index (χ4v) is 3.30. The molecule has 1 saturated heterocycles. The molecule has 0 radical (unpaired) electrons. The molecule has 4 rings (SSSR count). The first-order valence-corrected chi connectivity index (χ1v) is 8.32. The lowest BCUT2D eigenvalue weighted by molar-refractivity contribution is 0.0606. The van der Waals surface area contributed by atoms with Crippen molar-refractivity contribution >= 4 is 22.8 Å². The summed E-state index contributed by atoms with van der Waals surface area (Å²) in [5, 5.41) is 0.729. The van der Waals surface area contributed by atoms with E-state index in [1.165, 1.54) is 6.33 Å². The molecular formula is C18H18N6O. The predicted octanol–water partition coefficient (Wildman–Crippen LogP) is 2.37. The maximum Gasteiger partial charge on any atom is 0.255 e. The zero-order chi connectivity index (χ0) is 17.2. The number of hydrogen-bond acceptors (Lipinski definition) is 6. The second-order valence-corrected chi connectivity index (χ2v) is 6.12. The van der Waals surface area contributed by atoms with Gasteiger partial charge in [-0.05, 0) is 43.5 Å². The number of anilines is 1. The van der Waals surface area contributed by atoms with Crippen LogP contribution in [0.15, 0.2) is 43.0 Å². The molecule has 1 amide bonds. The minimum absolute atomic E-state index is 0.0121. The molecule has 0 saturated carbocycles. The van der Waals surface area contributed by atoms with Gasteiger partial charge in [-0.3, -0.25) is 9.78 Å². The molecule has 1 fully saturated rings. The van der Waals surface area contributed by atoms with Gasteiger partial charge in [-0.1, -0.05) is 0 Å². The average molecular weight is 334 g/mol. The second kappa shape index (κ2) is 6.43. The molecule has 7 nitrogen and oxygen atoms in total. The van der Waals surface area contributed by atoms with Gasteiger partial charge in [0, 0.05) is 18.9 Å². The summed E-state index contributed by atoms with van der Waals surface area (Å²) >= 11 is 0. The highest BCUT2D eigenvalue weighted by Crippen LogP contribution is 2.32. The molecule has 0 aliphatic carbocycles. The molecule has 4 heterocycles. The fourth-order valence-electron chi connectivity index (χ4n) is 3.30. The molecule has 0 aromatic carbocycles. The standard InChI is InChI=1S/C18H18N6O/c19-16-13-6-7-14(23-17(13)22-11-21-16)15-5-1-2-9-24(15)18(25)12-4-3-8-20-10-12/h3-4,6-8,10-11,15H,1-2,5,9H2,(H2,19,21,22,23). The van der Waals surface area contributed by atoms with Crippen LogP contribution in [0.25, 0.3) is 11.0 Å². The number of carbonyl (C=O) groups is 1. The number of amides is 1. The Morgan fingerprint density at radius 3 is 2.96 bits per heavy atom. The van der Waals surface area contributed by atoms with Crippen LogP contribution in [0.3, 0.4) is 0 Å². The van der Waals surface area contributed by atoms with Gasteiger partial charge in [-0.2, -0.15) is 0 Å². The summed E-state index contributed by atoms with van der Waals surface area (Å²) in [5.41, 5.74) is 7.87. The quantitative estimate of drug-likeness (QED) is 0.772. The molecule has 2 N–H and O–H groups in total. The van der Waals surface area contributed by atoms with Crippen molar-refractivity contribution in [2.75, 3.05) is 12.3 Å². The molecule has 1 aliphatic rings. The summed E-state index contributed by atoms with van der Waals surface area (Å²) in [4.78, 5) is 31.7. The summed E-state index contributed by atoms with van der Waals surface area (Å²) in [7, 11) is 0. The van der Waals surface area contributed by atoms with Crippen LogP contribution in [0.5, 0.6) is 0 Å². The van der Waals surface area contributed by atoms with Crippen LogP contribution in [-0.2, 0) is 0 Å². The van der Waals surface area contributed by atoms with E-state index in [9.17, 15) is 4.79 Å². The minimum Gasteiger partial charge on any atom is -0.383 e. The third kappa shape index (κ3) is 2.88. The monoisotopic (exact) mass is 334 g/mol. The van der Waals surface area contributed by atoms with Gasteiger partial charge in [0.15, 0.2) is 5.65 Å². The number of aromatic nitrogens is 4. The number of hydrogen-bond donors (Lipinski definition) is 1. The molecule has 0 bridgehead atoms. The molecule has 126 valence electrons. The summed E-state index contributed by atoms with van der Waals surface area (Å²) in [6.45, 7) is 0.712. The Bertz CT molecular complexity index is 914. The third-order valence-electron chi connectivity index (χ3n) is 4.56. The van der Waals surface area contributed by atoms with E-state index in [0.717, 1.165) is 30.3 Å². The van der Waals surface area contributed by atoms with E-state index in [-0.39, 0.29) is 11.9 Å². The lowest BCUT2D eigenvalue weighted by atomic mass is 9.97. The Labute approximate surface area is 144 Å². The van der Waals surface area contributed by atoms with Gasteiger partial charge in [0.2, 0.25) is 0 Å². The van der Waals surface area contributed by atoms with Gasteiger partial charge in [0.1, 0.15) is 12.1 Å². The largest absolute Gasteiger partial charge is 0.383 e. The van der Waals surface area contributed by atoms with E-state index in [0.29, 0.717) is 23.6 Å². The van der Waals surface area contributed by atoms with Gasteiger partial charge < -0.3 is 10.6 Å². The number of fused-ring (bicyclic) bond motifs is 1.